The van der Waals surface area contributed by atoms with Gasteiger partial charge in [-0.3, -0.25) is 9.59 Å². The van der Waals surface area contributed by atoms with Gasteiger partial charge in [0.25, 0.3) is 0 Å². The lowest BCUT2D eigenvalue weighted by Crippen LogP contribution is -2.33. The van der Waals surface area contributed by atoms with E-state index in [1.807, 2.05) is 0 Å². The van der Waals surface area contributed by atoms with Crippen LogP contribution in [0.4, 0.5) is 15.8 Å². The summed E-state index contributed by atoms with van der Waals surface area (Å²) in [4.78, 5) is 22.6. The van der Waals surface area contributed by atoms with Crippen molar-refractivity contribution in [1.82, 2.24) is 0 Å². The van der Waals surface area contributed by atoms with Gasteiger partial charge < -0.3 is 16.4 Å². The Labute approximate surface area is 116 Å². The summed E-state index contributed by atoms with van der Waals surface area (Å²) in [6, 6.07) is 2.02. The predicted octanol–water partition coefficient (Wildman–Crippen LogP) is 1.42. The van der Waals surface area contributed by atoms with Gasteiger partial charge in [0, 0.05) is 12.1 Å². The van der Waals surface area contributed by atoms with E-state index in [2.05, 4.69) is 10.6 Å². The minimum Gasteiger partial charge on any atom is -0.326 e. The molecule has 0 unspecified atom stereocenters. The van der Waals surface area contributed by atoms with Crippen LogP contribution in [-0.4, -0.2) is 17.9 Å². The van der Waals surface area contributed by atoms with Gasteiger partial charge in [0.05, 0.1) is 11.7 Å². The number of hydrogen-bond acceptors (Lipinski definition) is 3. The fraction of sp³-hybridized carbons (Fsp3) is 0.333. The number of nitrogens with one attached hydrogen (secondary N) is 2. The first-order valence-corrected chi connectivity index (χ1v) is 5.66. The van der Waals surface area contributed by atoms with Crippen LogP contribution < -0.4 is 16.4 Å². The van der Waals surface area contributed by atoms with Crippen molar-refractivity contribution in [2.24, 2.45) is 5.73 Å². The highest BCUT2D eigenvalue weighted by atomic mass is 35.5. The first-order chi connectivity index (χ1) is 8.47. The molecule has 2 amide bonds. The van der Waals surface area contributed by atoms with Crippen molar-refractivity contribution < 1.29 is 14.0 Å². The lowest BCUT2D eigenvalue weighted by Gasteiger charge is -2.18. The molecule has 5 nitrogen and oxygen atoms in total. The number of amides is 2. The summed E-state index contributed by atoms with van der Waals surface area (Å²) in [5, 5.41) is 5.03. The third kappa shape index (κ3) is 3.42. The topological polar surface area (TPSA) is 84.2 Å². The minimum atomic E-state index is -0.727. The van der Waals surface area contributed by atoms with Crippen LogP contribution in [0.5, 0.6) is 0 Å². The maximum Gasteiger partial charge on any atom is 0.241 e. The van der Waals surface area contributed by atoms with E-state index in [0.717, 1.165) is 5.56 Å². The summed E-state index contributed by atoms with van der Waals surface area (Å²) in [6.07, 6.45) is 0.845. The Hall–Kier alpha value is -1.66. The lowest BCUT2D eigenvalue weighted by molar-refractivity contribution is -0.117. The van der Waals surface area contributed by atoms with Crippen LogP contribution in [0.1, 0.15) is 18.9 Å². The maximum absolute atomic E-state index is 13.7. The van der Waals surface area contributed by atoms with Gasteiger partial charge >= 0.3 is 0 Å². The molecule has 0 aromatic heterocycles. The molecule has 0 saturated heterocycles. The molecule has 19 heavy (non-hydrogen) atoms. The molecule has 1 aromatic rings. The summed E-state index contributed by atoms with van der Waals surface area (Å²) >= 11 is 0. The van der Waals surface area contributed by atoms with Crippen molar-refractivity contribution in [2.75, 3.05) is 10.6 Å². The molecular weight excluding hydrogens is 273 g/mol. The first kappa shape index (κ1) is 15.4. The lowest BCUT2D eigenvalue weighted by atomic mass is 10.0. The molecule has 0 fully saturated rings. The second-order valence-corrected chi connectivity index (χ2v) is 4.32. The quantitative estimate of drug-likeness (QED) is 0.769. The van der Waals surface area contributed by atoms with E-state index in [-0.39, 0.29) is 24.0 Å². The maximum atomic E-state index is 13.7. The van der Waals surface area contributed by atoms with Crippen LogP contribution in [0.3, 0.4) is 0 Å². The molecule has 7 heteroatoms. The number of nitrogens with two attached hydrogens (primary N) is 1. The Morgan fingerprint density at radius 1 is 1.47 bits per heavy atom. The molecule has 0 saturated carbocycles. The average Bonchev–Trinajstić information content (AvgIpc) is 2.30. The highest BCUT2D eigenvalue weighted by molar-refractivity contribution is 5.97. The summed E-state index contributed by atoms with van der Waals surface area (Å²) in [5.74, 6) is -1.12. The van der Waals surface area contributed by atoms with Crippen LogP contribution in [-0.2, 0) is 16.0 Å². The fourth-order valence-electron chi connectivity index (χ4n) is 1.74. The van der Waals surface area contributed by atoms with Crippen molar-refractivity contribution in [3.63, 3.8) is 0 Å². The smallest absolute Gasteiger partial charge is 0.241 e. The third-order valence-electron chi connectivity index (χ3n) is 2.76. The van der Waals surface area contributed by atoms with Crippen molar-refractivity contribution in [3.8, 4) is 0 Å². The summed E-state index contributed by atoms with van der Waals surface area (Å²) in [5.41, 5.74) is 6.68. The number of rotatable bonds is 2. The van der Waals surface area contributed by atoms with Crippen LogP contribution in [0.2, 0.25) is 0 Å². The Kier molecular flexibility index (Phi) is 4.85. The fourth-order valence-corrected chi connectivity index (χ4v) is 1.74. The van der Waals surface area contributed by atoms with Crippen molar-refractivity contribution >= 4 is 35.6 Å². The molecule has 4 N–H and O–H groups in total. The molecule has 1 aliphatic heterocycles. The Morgan fingerprint density at radius 2 is 2.16 bits per heavy atom. The van der Waals surface area contributed by atoms with E-state index in [1.165, 1.54) is 19.1 Å². The highest BCUT2D eigenvalue weighted by Crippen LogP contribution is 2.28. The number of aryl methyl sites for hydroxylation is 1. The molecule has 1 aromatic carbocycles. The summed E-state index contributed by atoms with van der Waals surface area (Å²) < 4.78 is 13.7. The largest absolute Gasteiger partial charge is 0.326 e. The van der Waals surface area contributed by atoms with Gasteiger partial charge in [-0.25, -0.2) is 4.39 Å². The van der Waals surface area contributed by atoms with Gasteiger partial charge in [0.2, 0.25) is 11.8 Å². The summed E-state index contributed by atoms with van der Waals surface area (Å²) in [6.45, 7) is 1.51. The molecule has 2 rings (SSSR count). The normalized spacial score (nSPS) is 14.8. The molecule has 0 radical (unpaired) electrons. The highest BCUT2D eigenvalue weighted by Gasteiger charge is 2.19. The number of hydrogen-bond donors (Lipinski definition) is 3. The average molecular weight is 288 g/mol. The van der Waals surface area contributed by atoms with Gasteiger partial charge in [-0.2, -0.15) is 0 Å². The molecule has 0 aliphatic carbocycles. The van der Waals surface area contributed by atoms with Crippen molar-refractivity contribution in [3.05, 3.63) is 23.5 Å². The third-order valence-corrected chi connectivity index (χ3v) is 2.76. The second kappa shape index (κ2) is 5.99. The van der Waals surface area contributed by atoms with E-state index in [9.17, 15) is 14.0 Å². The van der Waals surface area contributed by atoms with Crippen LogP contribution >= 0.6 is 12.4 Å². The number of fused-ring (bicyclic) bond motifs is 1. The van der Waals surface area contributed by atoms with E-state index >= 15 is 0 Å². The number of carbonyl (C=O) groups excluding carboxylic acids is 2. The minimum absolute atomic E-state index is 0. The first-order valence-electron chi connectivity index (χ1n) is 5.66. The number of carbonyl (C=O) groups is 2. The van der Waals surface area contributed by atoms with E-state index in [0.29, 0.717) is 18.5 Å². The molecule has 104 valence electrons. The van der Waals surface area contributed by atoms with Gasteiger partial charge in [-0.1, -0.05) is 0 Å². The predicted molar refractivity (Wildman–Crippen MR) is 72.9 cm³/mol. The van der Waals surface area contributed by atoms with Crippen LogP contribution in [0.15, 0.2) is 12.1 Å². The van der Waals surface area contributed by atoms with Gasteiger partial charge in [-0.05, 0) is 31.0 Å². The Morgan fingerprint density at radius 3 is 2.79 bits per heavy atom. The van der Waals surface area contributed by atoms with E-state index in [1.54, 1.807) is 0 Å². The van der Waals surface area contributed by atoms with Crippen LogP contribution in [0, 0.1) is 5.82 Å². The Balaban J connectivity index is 0.00000180. The molecule has 0 spiro atoms. The SMILES string of the molecule is C[C@@H](N)C(=O)Nc1cc2c(cc1F)CCC(=O)N2.Cl. The summed E-state index contributed by atoms with van der Waals surface area (Å²) in [7, 11) is 0. The molecule has 1 atom stereocenters. The van der Waals surface area contributed by atoms with Crippen molar-refractivity contribution in [1.29, 1.82) is 0 Å². The Bertz CT molecular complexity index is 520. The van der Waals surface area contributed by atoms with Gasteiger partial charge in [-0.15, -0.1) is 12.4 Å². The molecular formula is C12H15ClFN3O2. The number of halogens is 2. The zero-order chi connectivity index (χ0) is 13.3. The molecule has 1 heterocycles. The number of anilines is 2. The van der Waals surface area contributed by atoms with E-state index < -0.39 is 17.8 Å². The van der Waals surface area contributed by atoms with E-state index in [4.69, 9.17) is 5.73 Å². The zero-order valence-electron chi connectivity index (χ0n) is 10.3. The molecule has 1 aliphatic rings. The monoisotopic (exact) mass is 287 g/mol. The van der Waals surface area contributed by atoms with Crippen molar-refractivity contribution in [2.45, 2.75) is 25.8 Å². The molecule has 0 bridgehead atoms. The van der Waals surface area contributed by atoms with Gasteiger partial charge in [0.1, 0.15) is 5.82 Å². The van der Waals surface area contributed by atoms with Gasteiger partial charge in [0.15, 0.2) is 0 Å². The number of benzene rings is 1. The van der Waals surface area contributed by atoms with Crippen LogP contribution in [0.25, 0.3) is 0 Å². The zero-order valence-corrected chi connectivity index (χ0v) is 11.1. The standard InChI is InChI=1S/C12H14FN3O2.ClH/c1-6(14)12(18)16-10-5-9-7(4-8(10)13)2-3-11(17)15-9;/h4-6H,2-3,14H2,1H3,(H,15,17)(H,16,18);1H/t6-;/m1./s1. The second-order valence-electron chi connectivity index (χ2n) is 4.32.